The summed E-state index contributed by atoms with van der Waals surface area (Å²) in [5.41, 5.74) is 0.496. The standard InChI is InChI=1S/C15H21NO5/c1-10-8-13(11(2)21-10)15(19)16(6-5-14(17)18)9-12-4-3-7-20-12/h8,12H,3-7,9H2,1-2H3,(H,17,18)/t12-/m0/s1. The summed E-state index contributed by atoms with van der Waals surface area (Å²) in [5.74, 6) is 0.123. The number of amides is 1. The van der Waals surface area contributed by atoms with Crippen molar-refractivity contribution >= 4 is 11.9 Å². The number of nitrogens with zero attached hydrogens (tertiary/aromatic N) is 1. The maximum atomic E-state index is 12.6. The van der Waals surface area contributed by atoms with Crippen LogP contribution in [0.3, 0.4) is 0 Å². The summed E-state index contributed by atoms with van der Waals surface area (Å²) < 4.78 is 10.9. The zero-order valence-corrected chi connectivity index (χ0v) is 12.4. The molecule has 1 aromatic heterocycles. The van der Waals surface area contributed by atoms with Gasteiger partial charge in [-0.05, 0) is 32.8 Å². The molecule has 0 unspecified atom stereocenters. The summed E-state index contributed by atoms with van der Waals surface area (Å²) in [6, 6.07) is 1.70. The second-order valence-electron chi connectivity index (χ2n) is 5.36. The number of hydrogen-bond donors (Lipinski definition) is 1. The lowest BCUT2D eigenvalue weighted by Gasteiger charge is -2.24. The van der Waals surface area contributed by atoms with Crippen molar-refractivity contribution < 1.29 is 23.8 Å². The molecule has 1 atom stereocenters. The van der Waals surface area contributed by atoms with Gasteiger partial charge < -0.3 is 19.2 Å². The van der Waals surface area contributed by atoms with Crippen LogP contribution in [0.5, 0.6) is 0 Å². The van der Waals surface area contributed by atoms with Gasteiger partial charge >= 0.3 is 5.97 Å². The predicted molar refractivity (Wildman–Crippen MR) is 75.3 cm³/mol. The van der Waals surface area contributed by atoms with E-state index >= 15 is 0 Å². The maximum Gasteiger partial charge on any atom is 0.305 e. The van der Waals surface area contributed by atoms with Crippen molar-refractivity contribution in [3.8, 4) is 0 Å². The molecule has 0 bridgehead atoms. The highest BCUT2D eigenvalue weighted by atomic mass is 16.5. The molecule has 1 N–H and O–H groups in total. The third-order valence-electron chi connectivity index (χ3n) is 3.60. The van der Waals surface area contributed by atoms with Crippen LogP contribution >= 0.6 is 0 Å². The van der Waals surface area contributed by atoms with Gasteiger partial charge in [0, 0.05) is 19.7 Å². The van der Waals surface area contributed by atoms with E-state index in [9.17, 15) is 9.59 Å². The van der Waals surface area contributed by atoms with E-state index in [1.54, 1.807) is 24.8 Å². The van der Waals surface area contributed by atoms with Crippen LogP contribution in [-0.4, -0.2) is 47.7 Å². The lowest BCUT2D eigenvalue weighted by Crippen LogP contribution is -2.38. The Morgan fingerprint density at radius 2 is 2.19 bits per heavy atom. The lowest BCUT2D eigenvalue weighted by molar-refractivity contribution is -0.137. The zero-order valence-electron chi connectivity index (χ0n) is 12.4. The molecular formula is C15H21NO5. The fourth-order valence-corrected chi connectivity index (χ4v) is 2.55. The van der Waals surface area contributed by atoms with E-state index in [1.165, 1.54) is 0 Å². The Morgan fingerprint density at radius 3 is 2.71 bits per heavy atom. The Morgan fingerprint density at radius 1 is 1.43 bits per heavy atom. The minimum atomic E-state index is -0.916. The van der Waals surface area contributed by atoms with Crippen molar-refractivity contribution in [1.29, 1.82) is 0 Å². The van der Waals surface area contributed by atoms with Crippen LogP contribution in [0, 0.1) is 13.8 Å². The Labute approximate surface area is 123 Å². The fourth-order valence-electron chi connectivity index (χ4n) is 2.55. The van der Waals surface area contributed by atoms with Gasteiger partial charge in [0.25, 0.3) is 5.91 Å². The van der Waals surface area contributed by atoms with Gasteiger partial charge in [0.05, 0.1) is 18.1 Å². The van der Waals surface area contributed by atoms with Crippen molar-refractivity contribution in [3.63, 3.8) is 0 Å². The molecule has 21 heavy (non-hydrogen) atoms. The highest BCUT2D eigenvalue weighted by molar-refractivity contribution is 5.95. The van der Waals surface area contributed by atoms with E-state index < -0.39 is 5.97 Å². The van der Waals surface area contributed by atoms with E-state index in [0.717, 1.165) is 12.8 Å². The molecule has 1 fully saturated rings. The van der Waals surface area contributed by atoms with Gasteiger partial charge in [0.2, 0.25) is 0 Å². The van der Waals surface area contributed by atoms with Crippen molar-refractivity contribution in [2.75, 3.05) is 19.7 Å². The van der Waals surface area contributed by atoms with Crippen molar-refractivity contribution in [3.05, 3.63) is 23.2 Å². The smallest absolute Gasteiger partial charge is 0.305 e. The Kier molecular flexibility index (Phi) is 5.01. The van der Waals surface area contributed by atoms with Crippen LogP contribution in [0.4, 0.5) is 0 Å². The number of ether oxygens (including phenoxy) is 1. The average Bonchev–Trinajstić information content (AvgIpc) is 3.03. The normalized spacial score (nSPS) is 17.9. The lowest BCUT2D eigenvalue weighted by atomic mass is 10.1. The molecular weight excluding hydrogens is 274 g/mol. The first-order valence-corrected chi connectivity index (χ1v) is 7.17. The number of hydrogen-bond acceptors (Lipinski definition) is 4. The maximum absolute atomic E-state index is 12.6. The SMILES string of the molecule is Cc1cc(C(=O)N(CCC(=O)O)C[C@@H]2CCCO2)c(C)o1. The molecule has 0 radical (unpaired) electrons. The number of aryl methyl sites for hydroxylation is 2. The molecule has 6 heteroatoms. The number of aliphatic carboxylic acids is 1. The molecule has 1 saturated heterocycles. The summed E-state index contributed by atoms with van der Waals surface area (Å²) in [6.07, 6.45) is 1.81. The topological polar surface area (TPSA) is 80.0 Å². The molecule has 6 nitrogen and oxygen atoms in total. The summed E-state index contributed by atoms with van der Waals surface area (Å²) >= 11 is 0. The molecule has 0 spiro atoms. The van der Waals surface area contributed by atoms with Crippen LogP contribution in [0.25, 0.3) is 0 Å². The van der Waals surface area contributed by atoms with Crippen LogP contribution in [0.15, 0.2) is 10.5 Å². The third-order valence-corrected chi connectivity index (χ3v) is 3.60. The van der Waals surface area contributed by atoms with Crippen molar-refractivity contribution in [2.24, 2.45) is 0 Å². The Balaban J connectivity index is 2.10. The van der Waals surface area contributed by atoms with Crippen molar-refractivity contribution in [2.45, 2.75) is 39.2 Å². The van der Waals surface area contributed by atoms with E-state index in [1.807, 2.05) is 0 Å². The Hall–Kier alpha value is -1.82. The number of rotatable bonds is 6. The molecule has 2 rings (SSSR count). The first kappa shape index (κ1) is 15.6. The third kappa shape index (κ3) is 4.07. The summed E-state index contributed by atoms with van der Waals surface area (Å²) in [7, 11) is 0. The minimum absolute atomic E-state index is 0.00366. The monoisotopic (exact) mass is 295 g/mol. The summed E-state index contributed by atoms with van der Waals surface area (Å²) in [6.45, 7) is 4.83. The highest BCUT2D eigenvalue weighted by Crippen LogP contribution is 2.19. The van der Waals surface area contributed by atoms with Crippen LogP contribution in [0.1, 0.15) is 41.1 Å². The first-order chi connectivity index (χ1) is 9.97. The van der Waals surface area contributed by atoms with E-state index in [-0.39, 0.29) is 25.0 Å². The molecule has 116 valence electrons. The van der Waals surface area contributed by atoms with Crippen LogP contribution in [0.2, 0.25) is 0 Å². The largest absolute Gasteiger partial charge is 0.481 e. The second kappa shape index (κ2) is 6.76. The quantitative estimate of drug-likeness (QED) is 0.868. The van der Waals surface area contributed by atoms with Gasteiger partial charge in [-0.1, -0.05) is 0 Å². The molecule has 0 aliphatic carbocycles. The highest BCUT2D eigenvalue weighted by Gasteiger charge is 2.26. The van der Waals surface area contributed by atoms with Crippen molar-refractivity contribution in [1.82, 2.24) is 4.90 Å². The van der Waals surface area contributed by atoms with Gasteiger partial charge in [0.1, 0.15) is 11.5 Å². The van der Waals surface area contributed by atoms with E-state index in [4.69, 9.17) is 14.3 Å². The van der Waals surface area contributed by atoms with Gasteiger partial charge in [-0.15, -0.1) is 0 Å². The number of carbonyl (C=O) groups excluding carboxylic acids is 1. The zero-order chi connectivity index (χ0) is 15.4. The number of carboxylic acids is 1. The number of carbonyl (C=O) groups is 2. The molecule has 1 aliphatic heterocycles. The molecule has 1 aliphatic rings. The van der Waals surface area contributed by atoms with Crippen LogP contribution in [-0.2, 0) is 9.53 Å². The molecule has 1 aromatic rings. The summed E-state index contributed by atoms with van der Waals surface area (Å²) in [5, 5.41) is 8.85. The van der Waals surface area contributed by atoms with Gasteiger partial charge in [-0.3, -0.25) is 9.59 Å². The summed E-state index contributed by atoms with van der Waals surface area (Å²) in [4.78, 5) is 24.9. The van der Waals surface area contributed by atoms with E-state index in [0.29, 0.717) is 30.2 Å². The van der Waals surface area contributed by atoms with E-state index in [2.05, 4.69) is 0 Å². The molecule has 0 saturated carbocycles. The minimum Gasteiger partial charge on any atom is -0.481 e. The van der Waals surface area contributed by atoms with Crippen LogP contribution < -0.4 is 0 Å². The molecule has 0 aromatic carbocycles. The number of furan rings is 1. The van der Waals surface area contributed by atoms with Gasteiger partial charge in [-0.2, -0.15) is 0 Å². The molecule has 2 heterocycles. The first-order valence-electron chi connectivity index (χ1n) is 7.17. The van der Waals surface area contributed by atoms with Gasteiger partial charge in [0.15, 0.2) is 0 Å². The number of carboxylic acid groups (broad SMARTS) is 1. The molecule has 1 amide bonds. The Bertz CT molecular complexity index is 516. The average molecular weight is 295 g/mol. The van der Waals surface area contributed by atoms with Gasteiger partial charge in [-0.25, -0.2) is 0 Å². The predicted octanol–water partition coefficient (Wildman–Crippen LogP) is 1.99. The second-order valence-corrected chi connectivity index (χ2v) is 5.36. The fraction of sp³-hybridized carbons (Fsp3) is 0.600.